The number of nitrogens with zero attached hydrogens (tertiary/aromatic N) is 1. The Labute approximate surface area is 216 Å². The normalized spacial score (nSPS) is 11.4. The highest BCUT2D eigenvalue weighted by Crippen LogP contribution is 2.32. The molecule has 0 aliphatic heterocycles. The number of thiazole rings is 1. The van der Waals surface area contributed by atoms with Gasteiger partial charge in [-0.05, 0) is 94.3 Å². The van der Waals surface area contributed by atoms with Crippen LogP contribution in [0.25, 0.3) is 20.8 Å². The topological polar surface area (TPSA) is 72.5 Å². The summed E-state index contributed by atoms with van der Waals surface area (Å²) >= 11 is 1.71. The van der Waals surface area contributed by atoms with E-state index in [0.717, 1.165) is 27.3 Å². The van der Waals surface area contributed by atoms with Gasteiger partial charge in [0, 0.05) is 23.3 Å². The molecule has 7 heteroatoms. The molecule has 0 atom stereocenters. The highest BCUT2D eigenvalue weighted by molar-refractivity contribution is 7.21. The molecule has 1 amide bonds. The third kappa shape index (κ3) is 6.76. The maximum Gasteiger partial charge on any atom is 0.258 e. The molecule has 0 saturated carbocycles. The number of ether oxygens (including phenoxy) is 2. The molecule has 0 saturated heterocycles. The van der Waals surface area contributed by atoms with Gasteiger partial charge in [-0.3, -0.25) is 4.79 Å². The van der Waals surface area contributed by atoms with E-state index in [-0.39, 0.29) is 18.1 Å². The molecular weight excluding hydrogens is 470 g/mol. The highest BCUT2D eigenvalue weighted by Gasteiger charge is 2.15. The van der Waals surface area contributed by atoms with Crippen molar-refractivity contribution in [1.82, 2.24) is 10.3 Å². The Morgan fingerprint density at radius 1 is 0.972 bits per heavy atom. The van der Waals surface area contributed by atoms with E-state index >= 15 is 0 Å². The van der Waals surface area contributed by atoms with Crippen LogP contribution in [-0.4, -0.2) is 29.6 Å². The second-order valence-corrected chi connectivity index (χ2v) is 10.8. The van der Waals surface area contributed by atoms with Crippen LogP contribution < -0.4 is 20.1 Å². The minimum Gasteiger partial charge on any atom is -0.490 e. The van der Waals surface area contributed by atoms with Crippen LogP contribution in [0.15, 0.2) is 60.7 Å². The lowest BCUT2D eigenvalue weighted by atomic mass is 10.1. The van der Waals surface area contributed by atoms with Gasteiger partial charge in [-0.1, -0.05) is 12.1 Å². The Morgan fingerprint density at radius 3 is 2.47 bits per heavy atom. The summed E-state index contributed by atoms with van der Waals surface area (Å²) in [6.45, 7) is 10.9. The predicted molar refractivity (Wildman–Crippen MR) is 148 cm³/mol. The van der Waals surface area contributed by atoms with Crippen LogP contribution in [0.4, 0.5) is 5.69 Å². The number of hydrogen-bond acceptors (Lipinski definition) is 6. The summed E-state index contributed by atoms with van der Waals surface area (Å²) in [5.74, 6) is 1.02. The molecular formula is C29H33N3O3S. The minimum absolute atomic E-state index is 0.0600. The zero-order valence-corrected chi connectivity index (χ0v) is 22.3. The summed E-state index contributed by atoms with van der Waals surface area (Å²) in [6.07, 6.45) is 0. The smallest absolute Gasteiger partial charge is 0.258 e. The minimum atomic E-state index is -0.301. The number of carbonyl (C=O) groups excluding carboxylic acids is 1. The van der Waals surface area contributed by atoms with Crippen molar-refractivity contribution in [2.24, 2.45) is 0 Å². The summed E-state index contributed by atoms with van der Waals surface area (Å²) in [4.78, 5) is 16.9. The van der Waals surface area contributed by atoms with Gasteiger partial charge in [-0.15, -0.1) is 11.3 Å². The number of carbonyl (C=O) groups is 1. The quantitative estimate of drug-likeness (QED) is 0.270. The van der Waals surface area contributed by atoms with Crippen molar-refractivity contribution in [2.75, 3.05) is 18.5 Å². The van der Waals surface area contributed by atoms with Crippen LogP contribution in [0.1, 0.15) is 38.8 Å². The van der Waals surface area contributed by atoms with Gasteiger partial charge in [-0.2, -0.15) is 0 Å². The summed E-state index contributed by atoms with van der Waals surface area (Å²) in [5.41, 5.74) is 5.16. The highest BCUT2D eigenvalue weighted by atomic mass is 32.1. The molecule has 0 bridgehead atoms. The van der Waals surface area contributed by atoms with Crippen LogP contribution in [-0.2, 0) is 11.3 Å². The molecule has 1 heterocycles. The number of hydrogen-bond donors (Lipinski definition) is 2. The third-order valence-electron chi connectivity index (χ3n) is 5.35. The number of amides is 1. The Bertz CT molecular complexity index is 1340. The fourth-order valence-corrected chi connectivity index (χ4v) is 4.81. The average molecular weight is 504 g/mol. The number of nitrogens with one attached hydrogen (secondary N) is 2. The van der Waals surface area contributed by atoms with E-state index in [9.17, 15) is 4.79 Å². The van der Waals surface area contributed by atoms with Crippen LogP contribution in [0.5, 0.6) is 11.5 Å². The fourth-order valence-electron chi connectivity index (χ4n) is 3.74. The average Bonchev–Trinajstić information content (AvgIpc) is 3.25. The second kappa shape index (κ2) is 11.0. The second-order valence-electron chi connectivity index (χ2n) is 9.72. The lowest BCUT2D eigenvalue weighted by Gasteiger charge is -2.21. The van der Waals surface area contributed by atoms with E-state index in [1.807, 2.05) is 45.9 Å². The first-order valence-electron chi connectivity index (χ1n) is 12.1. The third-order valence-corrected chi connectivity index (χ3v) is 6.42. The van der Waals surface area contributed by atoms with Crippen LogP contribution in [0, 0.1) is 6.92 Å². The molecule has 6 nitrogen and oxygen atoms in total. The van der Waals surface area contributed by atoms with E-state index < -0.39 is 0 Å². The molecule has 0 fully saturated rings. The zero-order valence-electron chi connectivity index (χ0n) is 21.5. The van der Waals surface area contributed by atoms with Gasteiger partial charge in [0.2, 0.25) is 0 Å². The van der Waals surface area contributed by atoms with Crippen molar-refractivity contribution in [3.8, 4) is 22.1 Å². The van der Waals surface area contributed by atoms with E-state index in [1.165, 1.54) is 10.3 Å². The van der Waals surface area contributed by atoms with Gasteiger partial charge in [-0.25, -0.2) is 4.98 Å². The molecule has 2 N–H and O–H groups in total. The lowest BCUT2D eigenvalue weighted by Crippen LogP contribution is -2.43. The Balaban J connectivity index is 1.38. The SMILES string of the molecule is CCOc1cc(CNc2ccc(-c3nc4ccc(C)cc4s3)cc2)ccc1OCC(=O)NC(C)(C)C. The molecule has 3 aromatic carbocycles. The van der Waals surface area contributed by atoms with Gasteiger partial charge in [0.15, 0.2) is 18.1 Å². The van der Waals surface area contributed by atoms with E-state index in [2.05, 4.69) is 60.0 Å². The maximum absolute atomic E-state index is 12.1. The number of benzene rings is 3. The first-order valence-corrected chi connectivity index (χ1v) is 12.9. The Hall–Kier alpha value is -3.58. The molecule has 1 aromatic heterocycles. The Morgan fingerprint density at radius 2 is 1.75 bits per heavy atom. The summed E-state index contributed by atoms with van der Waals surface area (Å²) in [6, 6.07) is 20.5. The van der Waals surface area contributed by atoms with Gasteiger partial charge in [0.05, 0.1) is 16.8 Å². The van der Waals surface area contributed by atoms with Crippen molar-refractivity contribution in [1.29, 1.82) is 0 Å². The number of rotatable bonds is 9. The van der Waals surface area contributed by atoms with E-state index in [0.29, 0.717) is 24.7 Å². The fraction of sp³-hybridized carbons (Fsp3) is 0.310. The number of anilines is 1. The monoisotopic (exact) mass is 503 g/mol. The van der Waals surface area contributed by atoms with E-state index in [4.69, 9.17) is 14.5 Å². The van der Waals surface area contributed by atoms with Gasteiger partial charge in [0.1, 0.15) is 5.01 Å². The first kappa shape index (κ1) is 25.5. The predicted octanol–water partition coefficient (Wildman–Crippen LogP) is 6.58. The molecule has 36 heavy (non-hydrogen) atoms. The van der Waals surface area contributed by atoms with Crippen molar-refractivity contribution < 1.29 is 14.3 Å². The first-order chi connectivity index (χ1) is 17.2. The van der Waals surface area contributed by atoms with Crippen molar-refractivity contribution >= 4 is 33.1 Å². The van der Waals surface area contributed by atoms with Gasteiger partial charge in [0.25, 0.3) is 5.91 Å². The molecule has 0 aliphatic carbocycles. The summed E-state index contributed by atoms with van der Waals surface area (Å²) < 4.78 is 12.7. The number of aromatic nitrogens is 1. The zero-order chi connectivity index (χ0) is 25.7. The summed E-state index contributed by atoms with van der Waals surface area (Å²) in [5, 5.41) is 7.38. The maximum atomic E-state index is 12.1. The van der Waals surface area contributed by atoms with Crippen molar-refractivity contribution in [3.05, 3.63) is 71.8 Å². The van der Waals surface area contributed by atoms with Crippen LogP contribution in [0.3, 0.4) is 0 Å². The molecule has 0 unspecified atom stereocenters. The van der Waals surface area contributed by atoms with Crippen LogP contribution in [0.2, 0.25) is 0 Å². The van der Waals surface area contributed by atoms with E-state index in [1.54, 1.807) is 11.3 Å². The van der Waals surface area contributed by atoms with Crippen molar-refractivity contribution in [3.63, 3.8) is 0 Å². The molecule has 188 valence electrons. The van der Waals surface area contributed by atoms with Crippen molar-refractivity contribution in [2.45, 2.75) is 46.7 Å². The van der Waals surface area contributed by atoms with Gasteiger partial charge < -0.3 is 20.1 Å². The molecule has 0 radical (unpaired) electrons. The Kier molecular flexibility index (Phi) is 7.79. The number of fused-ring (bicyclic) bond motifs is 1. The molecule has 0 aliphatic rings. The summed E-state index contributed by atoms with van der Waals surface area (Å²) in [7, 11) is 0. The lowest BCUT2D eigenvalue weighted by molar-refractivity contribution is -0.124. The standard InChI is InChI=1S/C29H33N3O3S/c1-6-34-25-16-20(8-14-24(25)35-18-27(33)32-29(3,4)5)17-30-22-11-9-21(10-12-22)28-31-23-13-7-19(2)15-26(23)36-28/h7-16,30H,6,17-18H2,1-5H3,(H,32,33). The number of aryl methyl sites for hydroxylation is 1. The molecule has 4 rings (SSSR count). The largest absolute Gasteiger partial charge is 0.490 e. The molecule has 0 spiro atoms. The van der Waals surface area contributed by atoms with Gasteiger partial charge >= 0.3 is 0 Å². The molecule has 4 aromatic rings. The van der Waals surface area contributed by atoms with Crippen LogP contribution >= 0.6 is 11.3 Å².